The van der Waals surface area contributed by atoms with Gasteiger partial charge < -0.3 is 14.2 Å². The van der Waals surface area contributed by atoms with Crippen LogP contribution >= 0.6 is 35.3 Å². The number of alkyl halides is 1. The fraction of sp³-hybridized carbons (Fsp3) is 0.160. The quantitative estimate of drug-likeness (QED) is 0.113. The first kappa shape index (κ1) is 26.4. The predicted molar refractivity (Wildman–Crippen MR) is 139 cm³/mol. The smallest absolute Gasteiger partial charge is 0.366 e. The van der Waals surface area contributed by atoms with Gasteiger partial charge in [-0.05, 0) is 30.5 Å². The lowest BCUT2D eigenvalue weighted by Crippen LogP contribution is -2.16. The van der Waals surface area contributed by atoms with E-state index in [-0.39, 0.29) is 10.0 Å². The molecule has 178 valence electrons. The zero-order valence-electron chi connectivity index (χ0n) is 18.4. The number of nitrogens with zero attached hydrogens (tertiary/aromatic N) is 1. The third-order valence-electron chi connectivity index (χ3n) is 5.08. The van der Waals surface area contributed by atoms with E-state index in [0.29, 0.717) is 28.9 Å². The van der Waals surface area contributed by atoms with E-state index in [0.717, 1.165) is 23.6 Å². The van der Waals surface area contributed by atoms with Crippen molar-refractivity contribution in [1.82, 2.24) is 4.98 Å². The SMILES string of the molecule is C=CCC=C(C=C)c1nc(SCc2ccc(C(C)(F)P(=O)(O)O)c(Br)c2)oc1-c1ccccc1. The maximum atomic E-state index is 14.7. The van der Waals surface area contributed by atoms with Crippen molar-refractivity contribution in [2.45, 2.75) is 29.7 Å². The monoisotopic (exact) mass is 563 g/mol. The van der Waals surface area contributed by atoms with E-state index in [4.69, 9.17) is 4.42 Å². The first-order valence-corrected chi connectivity index (χ1v) is 13.6. The summed E-state index contributed by atoms with van der Waals surface area (Å²) in [7, 11) is -5.00. The molecule has 0 bridgehead atoms. The van der Waals surface area contributed by atoms with E-state index in [1.165, 1.54) is 17.8 Å². The Morgan fingerprint density at radius 2 is 1.97 bits per heavy atom. The predicted octanol–water partition coefficient (Wildman–Crippen LogP) is 7.86. The van der Waals surface area contributed by atoms with Crippen LogP contribution in [-0.2, 0) is 15.7 Å². The number of thioether (sulfide) groups is 1. The molecule has 2 N–H and O–H groups in total. The molecular weight excluding hydrogens is 540 g/mol. The molecule has 0 saturated carbocycles. The summed E-state index contributed by atoms with van der Waals surface area (Å²) in [5.41, 5.74) is 3.09. The molecule has 34 heavy (non-hydrogen) atoms. The second kappa shape index (κ2) is 11.0. The molecule has 1 atom stereocenters. The van der Waals surface area contributed by atoms with Gasteiger partial charge in [0, 0.05) is 21.4 Å². The molecule has 0 saturated heterocycles. The highest BCUT2D eigenvalue weighted by atomic mass is 79.9. The van der Waals surface area contributed by atoms with Crippen LogP contribution in [0.2, 0.25) is 0 Å². The molecule has 0 spiro atoms. The highest BCUT2D eigenvalue weighted by Gasteiger charge is 2.45. The van der Waals surface area contributed by atoms with Crippen LogP contribution in [0.4, 0.5) is 4.39 Å². The van der Waals surface area contributed by atoms with Crippen molar-refractivity contribution >= 4 is 40.9 Å². The van der Waals surface area contributed by atoms with E-state index < -0.39 is 13.0 Å². The molecule has 1 unspecified atom stereocenters. The minimum absolute atomic E-state index is 0.109. The van der Waals surface area contributed by atoms with Crippen molar-refractivity contribution < 1.29 is 23.2 Å². The van der Waals surface area contributed by atoms with Gasteiger partial charge in [0.2, 0.25) is 5.41 Å². The van der Waals surface area contributed by atoms with Crippen LogP contribution in [0.1, 0.15) is 30.2 Å². The number of halogens is 2. The molecule has 9 heteroatoms. The van der Waals surface area contributed by atoms with Crippen LogP contribution in [0.15, 0.2) is 94.0 Å². The van der Waals surface area contributed by atoms with E-state index in [1.807, 2.05) is 36.4 Å². The highest BCUT2D eigenvalue weighted by molar-refractivity contribution is 9.10. The van der Waals surface area contributed by atoms with Gasteiger partial charge >= 0.3 is 7.60 Å². The number of allylic oxidation sites excluding steroid dienone is 4. The van der Waals surface area contributed by atoms with E-state index in [9.17, 15) is 18.7 Å². The lowest BCUT2D eigenvalue weighted by molar-refractivity contribution is 0.221. The number of hydrogen-bond acceptors (Lipinski definition) is 4. The van der Waals surface area contributed by atoms with Gasteiger partial charge in [-0.25, -0.2) is 9.37 Å². The van der Waals surface area contributed by atoms with Crippen molar-refractivity contribution in [3.63, 3.8) is 0 Å². The molecular formula is C25H24BrFNO4PS. The summed E-state index contributed by atoms with van der Waals surface area (Å²) in [5, 5.41) is -2.34. The molecule has 0 aliphatic rings. The molecule has 1 heterocycles. The van der Waals surface area contributed by atoms with E-state index in [1.54, 1.807) is 24.3 Å². The summed E-state index contributed by atoms with van der Waals surface area (Å²) in [6, 6.07) is 14.3. The molecule has 5 nitrogen and oxygen atoms in total. The summed E-state index contributed by atoms with van der Waals surface area (Å²) in [5.74, 6) is 1.08. The van der Waals surface area contributed by atoms with Gasteiger partial charge in [-0.2, -0.15) is 0 Å². The standard InChI is InChI=1S/C25H24BrFNO4PS/c1-4-6-10-18(5-2)22-23(19-11-8-7-9-12-19)32-24(28-22)34-16-17-13-14-20(21(26)15-17)25(3,27)33(29,30)31/h4-5,7-15H,1-2,6,16H2,3H3,(H2,29,30,31). The summed E-state index contributed by atoms with van der Waals surface area (Å²) in [6.45, 7) is 8.53. The fourth-order valence-electron chi connectivity index (χ4n) is 3.15. The Hall–Kier alpha value is -2.22. The number of rotatable bonds is 10. The maximum Gasteiger partial charge on any atom is 0.366 e. The van der Waals surface area contributed by atoms with Gasteiger partial charge in [0.05, 0.1) is 0 Å². The highest BCUT2D eigenvalue weighted by Crippen LogP contribution is 2.59. The summed E-state index contributed by atoms with van der Waals surface area (Å²) < 4.78 is 32.7. The van der Waals surface area contributed by atoms with Gasteiger partial charge in [0.15, 0.2) is 5.76 Å². The van der Waals surface area contributed by atoms with Gasteiger partial charge in [0.1, 0.15) is 5.69 Å². The minimum atomic E-state index is -5.00. The number of hydrogen-bond donors (Lipinski definition) is 2. The lowest BCUT2D eigenvalue weighted by Gasteiger charge is -2.23. The number of benzene rings is 2. The van der Waals surface area contributed by atoms with Crippen LogP contribution in [0, 0.1) is 0 Å². The first-order chi connectivity index (χ1) is 16.1. The van der Waals surface area contributed by atoms with Crippen LogP contribution < -0.4 is 0 Å². The average Bonchev–Trinajstić information content (AvgIpc) is 3.22. The fourth-order valence-corrected chi connectivity index (χ4v) is 5.38. The minimum Gasteiger partial charge on any atom is -0.431 e. The van der Waals surface area contributed by atoms with Gasteiger partial charge in [0.25, 0.3) is 5.22 Å². The van der Waals surface area contributed by atoms with Crippen molar-refractivity contribution in [2.75, 3.05) is 0 Å². The second-order valence-electron chi connectivity index (χ2n) is 7.51. The number of oxazole rings is 1. The Labute approximate surface area is 210 Å². The molecule has 2 aromatic carbocycles. The Morgan fingerprint density at radius 3 is 2.56 bits per heavy atom. The van der Waals surface area contributed by atoms with Gasteiger partial charge in [-0.1, -0.05) is 95.0 Å². The number of aromatic nitrogens is 1. The zero-order valence-corrected chi connectivity index (χ0v) is 21.7. The summed E-state index contributed by atoms with van der Waals surface area (Å²) in [6.07, 6.45) is 6.15. The average molecular weight is 564 g/mol. The largest absolute Gasteiger partial charge is 0.431 e. The third-order valence-corrected chi connectivity index (χ3v) is 7.97. The van der Waals surface area contributed by atoms with E-state index >= 15 is 0 Å². The molecule has 0 aliphatic heterocycles. The Kier molecular flexibility index (Phi) is 8.55. The van der Waals surface area contributed by atoms with Crippen LogP contribution in [0.3, 0.4) is 0 Å². The maximum absolute atomic E-state index is 14.7. The summed E-state index contributed by atoms with van der Waals surface area (Å²) >= 11 is 4.60. The molecule has 3 rings (SSSR count). The van der Waals surface area contributed by atoms with Crippen LogP contribution in [-0.4, -0.2) is 14.8 Å². The van der Waals surface area contributed by atoms with Crippen LogP contribution in [0.5, 0.6) is 0 Å². The van der Waals surface area contributed by atoms with Crippen LogP contribution in [0.25, 0.3) is 16.9 Å². The second-order valence-corrected chi connectivity index (χ2v) is 11.2. The molecule has 0 fully saturated rings. The Morgan fingerprint density at radius 1 is 1.26 bits per heavy atom. The summed E-state index contributed by atoms with van der Waals surface area (Å²) in [4.78, 5) is 23.4. The molecule has 0 radical (unpaired) electrons. The zero-order chi connectivity index (χ0) is 24.9. The molecule has 3 aromatic rings. The van der Waals surface area contributed by atoms with Gasteiger partial charge in [-0.15, -0.1) is 6.58 Å². The van der Waals surface area contributed by atoms with E-state index in [2.05, 4.69) is 34.1 Å². The van der Waals surface area contributed by atoms with Crippen molar-refractivity contribution in [3.05, 3.63) is 101 Å². The lowest BCUT2D eigenvalue weighted by atomic mass is 10.1. The molecule has 0 amide bonds. The topological polar surface area (TPSA) is 83.6 Å². The van der Waals surface area contributed by atoms with Crippen molar-refractivity contribution in [1.29, 1.82) is 0 Å². The Bertz CT molecular complexity index is 1270. The first-order valence-electron chi connectivity index (χ1n) is 10.2. The van der Waals surface area contributed by atoms with Gasteiger partial charge in [-0.3, -0.25) is 4.57 Å². The molecule has 0 aliphatic carbocycles. The third kappa shape index (κ3) is 5.88. The normalized spacial score (nSPS) is 14.0. The van der Waals surface area contributed by atoms with Crippen molar-refractivity contribution in [3.8, 4) is 11.3 Å². The Balaban J connectivity index is 1.89. The molecule has 1 aromatic heterocycles. The van der Waals surface area contributed by atoms with Crippen molar-refractivity contribution in [2.24, 2.45) is 0 Å².